The number of aryl methyl sites for hydroxylation is 2. The van der Waals surface area contributed by atoms with Crippen molar-refractivity contribution in [1.29, 1.82) is 0 Å². The highest BCUT2D eigenvalue weighted by molar-refractivity contribution is 7.80. The number of carbonyl (C=O) groups excluding carboxylic acids is 1. The van der Waals surface area contributed by atoms with Crippen LogP contribution in [-0.4, -0.2) is 34.7 Å². The quantitative estimate of drug-likeness (QED) is 0.121. The first kappa shape index (κ1) is 37.4. The minimum Gasteiger partial charge on any atom is -0.469 e. The van der Waals surface area contributed by atoms with Crippen molar-refractivity contribution in [1.82, 2.24) is 10.9 Å². The molecule has 274 valence electrons. The third-order valence-corrected chi connectivity index (χ3v) is 13.7. The fraction of sp³-hybridized carbons (Fsp3) is 0.585. The van der Waals surface area contributed by atoms with Gasteiger partial charge in [0.1, 0.15) is 0 Å². The molecule has 0 aliphatic heterocycles. The Balaban J connectivity index is 1.22. The van der Waals surface area contributed by atoms with Gasteiger partial charge < -0.3 is 15.4 Å². The van der Waals surface area contributed by atoms with Gasteiger partial charge in [0.05, 0.1) is 7.11 Å². The summed E-state index contributed by atoms with van der Waals surface area (Å²) in [4.78, 5) is 12.0. The summed E-state index contributed by atoms with van der Waals surface area (Å²) in [7, 11) is 1.49. The van der Waals surface area contributed by atoms with Crippen LogP contribution in [0.2, 0.25) is 0 Å². The second-order valence-corrected chi connectivity index (χ2v) is 17.1. The highest BCUT2D eigenvalue weighted by Crippen LogP contribution is 2.67. The Labute approximate surface area is 315 Å². The van der Waals surface area contributed by atoms with Crippen molar-refractivity contribution in [3.8, 4) is 0 Å². The van der Waals surface area contributed by atoms with Gasteiger partial charge in [0.15, 0.2) is 10.2 Å². The average Bonchev–Trinajstić information content (AvgIpc) is 3.48. The first-order chi connectivity index (χ1) is 24.4. The summed E-state index contributed by atoms with van der Waals surface area (Å²) in [6.07, 6.45) is 10.2. The summed E-state index contributed by atoms with van der Waals surface area (Å²) >= 11 is 11.4. The Hall–Kier alpha value is -3.37. The fourth-order valence-corrected chi connectivity index (χ4v) is 10.9. The van der Waals surface area contributed by atoms with Gasteiger partial charge in [-0.05, 0) is 161 Å². The van der Waals surface area contributed by atoms with Crippen LogP contribution in [-0.2, 0) is 9.53 Å². The number of benzene rings is 2. The van der Waals surface area contributed by atoms with Crippen LogP contribution in [0, 0.1) is 60.2 Å². The molecule has 51 heavy (non-hydrogen) atoms. The summed E-state index contributed by atoms with van der Waals surface area (Å²) in [5.74, 6) is 3.14. The molecule has 8 atom stereocenters. The van der Waals surface area contributed by atoms with E-state index < -0.39 is 0 Å². The van der Waals surface area contributed by atoms with E-state index in [9.17, 15) is 4.79 Å². The molecule has 0 bridgehead atoms. The van der Waals surface area contributed by atoms with Crippen LogP contribution in [0.15, 0.2) is 58.7 Å². The van der Waals surface area contributed by atoms with E-state index >= 15 is 0 Å². The van der Waals surface area contributed by atoms with Crippen LogP contribution >= 0.6 is 24.4 Å². The molecule has 6 rings (SSSR count). The van der Waals surface area contributed by atoms with Gasteiger partial charge in [-0.25, -0.2) is 0 Å². The van der Waals surface area contributed by atoms with E-state index in [0.717, 1.165) is 49.2 Å². The number of nitrogens with zero attached hydrogens (tertiary/aromatic N) is 2. The normalized spacial score (nSPS) is 31.8. The van der Waals surface area contributed by atoms with E-state index in [1.165, 1.54) is 49.6 Å². The first-order valence-electron chi connectivity index (χ1n) is 18.9. The lowest BCUT2D eigenvalue weighted by atomic mass is 9.44. The molecule has 7 unspecified atom stereocenters. The highest BCUT2D eigenvalue weighted by atomic mass is 32.1. The Morgan fingerprint density at radius 1 is 0.843 bits per heavy atom. The summed E-state index contributed by atoms with van der Waals surface area (Å²) < 4.78 is 4.99. The molecular formula is C41H56N6O2S2. The molecule has 0 aromatic heterocycles. The molecule has 0 radical (unpaired) electrons. The molecule has 2 aromatic rings. The molecule has 4 aliphatic rings. The number of hydrogen-bond acceptors (Lipinski definition) is 6. The lowest BCUT2D eigenvalue weighted by molar-refractivity contribution is -0.141. The molecule has 0 spiro atoms. The van der Waals surface area contributed by atoms with E-state index in [1.807, 2.05) is 24.3 Å². The number of ether oxygens (including phenoxy) is 1. The van der Waals surface area contributed by atoms with Crippen LogP contribution < -0.4 is 21.5 Å². The van der Waals surface area contributed by atoms with Gasteiger partial charge in [-0.3, -0.25) is 15.6 Å². The molecule has 4 N–H and O–H groups in total. The minimum atomic E-state index is -0.0978. The molecule has 4 fully saturated rings. The van der Waals surface area contributed by atoms with Gasteiger partial charge in [0.25, 0.3) is 0 Å². The van der Waals surface area contributed by atoms with E-state index in [2.05, 4.69) is 80.4 Å². The molecular weight excluding hydrogens is 673 g/mol. The minimum absolute atomic E-state index is 0.0978. The third kappa shape index (κ3) is 8.17. The van der Waals surface area contributed by atoms with Crippen molar-refractivity contribution < 1.29 is 9.53 Å². The smallest absolute Gasteiger partial charge is 0.305 e. The lowest BCUT2D eigenvalue weighted by Crippen LogP contribution is -2.57. The Bertz CT molecular complexity index is 1660. The SMILES string of the molecule is COC(=O)CC[C@@H](C)C1CCC2C3C/C(=N\NC(=S)Nc4ccc(C)cc4)C4C/C(=N\NC(=S)Nc5ccc(C)cc5)CCC4(C)C3CCC21C. The lowest BCUT2D eigenvalue weighted by Gasteiger charge is -2.61. The summed E-state index contributed by atoms with van der Waals surface area (Å²) in [6.45, 7) is 11.6. The van der Waals surface area contributed by atoms with Crippen LogP contribution in [0.4, 0.5) is 11.4 Å². The zero-order valence-electron chi connectivity index (χ0n) is 31.2. The van der Waals surface area contributed by atoms with E-state index in [1.54, 1.807) is 0 Å². The number of rotatable bonds is 8. The molecule has 0 amide bonds. The number of esters is 1. The van der Waals surface area contributed by atoms with Crippen molar-refractivity contribution >= 4 is 63.4 Å². The molecule has 10 heteroatoms. The average molecular weight is 729 g/mol. The largest absolute Gasteiger partial charge is 0.469 e. The van der Waals surface area contributed by atoms with Crippen LogP contribution in [0.25, 0.3) is 0 Å². The zero-order chi connectivity index (χ0) is 36.3. The van der Waals surface area contributed by atoms with Crippen molar-refractivity contribution in [3.63, 3.8) is 0 Å². The van der Waals surface area contributed by atoms with Gasteiger partial charge in [0, 0.05) is 35.1 Å². The van der Waals surface area contributed by atoms with Crippen LogP contribution in [0.5, 0.6) is 0 Å². The standard InChI is InChI=1S/C41H56N6O2S2/c1-25-7-12-28(13-8-25)42-38(50)46-44-30-19-21-41(5)34-20-22-40(4)32(27(3)11-18-37(48)49-6)16-17-33(40)31(34)24-36(35(41)23-30)45-47-39(51)43-29-14-9-26(2)10-15-29/h7-10,12-15,27,31-35H,11,16-24H2,1-6H3,(H2,42,46,50)(H2,43,47,51)/b44-30-,45-36+/t27-,31?,32?,33?,34?,35?,40?,41?/m1/s1. The number of methoxy groups -OCH3 is 1. The molecule has 0 saturated heterocycles. The number of thiocarbonyl (C=S) groups is 2. The first-order valence-corrected chi connectivity index (χ1v) is 19.7. The number of fused-ring (bicyclic) bond motifs is 5. The number of hydrogen-bond donors (Lipinski definition) is 4. The van der Waals surface area contributed by atoms with Crippen LogP contribution in [0.1, 0.15) is 96.1 Å². The fourth-order valence-electron chi connectivity index (χ4n) is 10.6. The summed E-state index contributed by atoms with van der Waals surface area (Å²) in [5.41, 5.74) is 13.4. The second-order valence-electron chi connectivity index (χ2n) is 16.3. The monoisotopic (exact) mass is 728 g/mol. The molecule has 8 nitrogen and oxygen atoms in total. The number of carbonyl (C=O) groups is 1. The zero-order valence-corrected chi connectivity index (χ0v) is 32.8. The van der Waals surface area contributed by atoms with Crippen molar-refractivity contribution in [2.24, 2.45) is 56.5 Å². The molecule has 2 aromatic carbocycles. The van der Waals surface area contributed by atoms with Gasteiger partial charge in [-0.15, -0.1) is 0 Å². The maximum absolute atomic E-state index is 12.0. The predicted molar refractivity (Wildman–Crippen MR) is 217 cm³/mol. The van der Waals surface area contributed by atoms with Crippen molar-refractivity contribution in [2.75, 3.05) is 17.7 Å². The van der Waals surface area contributed by atoms with Gasteiger partial charge in [-0.2, -0.15) is 10.2 Å². The topological polar surface area (TPSA) is 99.1 Å². The highest BCUT2D eigenvalue weighted by Gasteiger charge is 2.62. The Morgan fingerprint density at radius 2 is 1.43 bits per heavy atom. The maximum atomic E-state index is 12.0. The number of hydrazone groups is 2. The summed E-state index contributed by atoms with van der Waals surface area (Å²) in [6, 6.07) is 16.4. The Kier molecular flexibility index (Phi) is 11.5. The van der Waals surface area contributed by atoms with Crippen molar-refractivity contribution in [3.05, 3.63) is 59.7 Å². The number of anilines is 2. The van der Waals surface area contributed by atoms with E-state index in [0.29, 0.717) is 46.2 Å². The predicted octanol–water partition coefficient (Wildman–Crippen LogP) is 9.15. The summed E-state index contributed by atoms with van der Waals surface area (Å²) in [5, 5.41) is 17.6. The van der Waals surface area contributed by atoms with Gasteiger partial charge >= 0.3 is 5.97 Å². The maximum Gasteiger partial charge on any atom is 0.305 e. The Morgan fingerprint density at radius 3 is 2.04 bits per heavy atom. The molecule has 0 heterocycles. The van der Waals surface area contributed by atoms with E-state index in [-0.39, 0.29) is 22.7 Å². The van der Waals surface area contributed by atoms with Gasteiger partial charge in [-0.1, -0.05) is 56.2 Å². The molecule has 4 aliphatic carbocycles. The van der Waals surface area contributed by atoms with E-state index in [4.69, 9.17) is 39.4 Å². The number of nitrogens with one attached hydrogen (secondary N) is 4. The van der Waals surface area contributed by atoms with Gasteiger partial charge in [0.2, 0.25) is 0 Å². The third-order valence-electron chi connectivity index (χ3n) is 13.3. The van der Waals surface area contributed by atoms with Crippen LogP contribution in [0.3, 0.4) is 0 Å². The van der Waals surface area contributed by atoms with Crippen molar-refractivity contribution in [2.45, 2.75) is 98.8 Å². The second kappa shape index (κ2) is 15.7. The molecule has 4 saturated carbocycles.